The minimum absolute atomic E-state index is 0.0454. The van der Waals surface area contributed by atoms with Gasteiger partial charge in [-0.15, -0.1) is 14.5 Å². The number of Topliss-reactive ketones (excluding diaryl/α,β-unsaturated/α-hetero) is 2. The van der Waals surface area contributed by atoms with Gasteiger partial charge < -0.3 is 35.3 Å². The normalized spacial score (nSPS) is 13.2. The number of carbonyl (C=O) groups is 5. The van der Waals surface area contributed by atoms with E-state index < -0.39 is 41.4 Å². The average molecular weight is 1040 g/mol. The van der Waals surface area contributed by atoms with Crippen LogP contribution in [0, 0.1) is 17.3 Å². The summed E-state index contributed by atoms with van der Waals surface area (Å²) < 4.78 is 24.2. The topological polar surface area (TPSA) is 185 Å². The summed E-state index contributed by atoms with van der Waals surface area (Å²) in [5, 5.41) is 9.65. The molecule has 0 aromatic heterocycles. The van der Waals surface area contributed by atoms with Crippen LogP contribution in [0.15, 0.2) is 121 Å². The van der Waals surface area contributed by atoms with Crippen molar-refractivity contribution in [3.63, 3.8) is 0 Å². The third kappa shape index (κ3) is 19.9. The molecule has 0 spiro atoms. The summed E-state index contributed by atoms with van der Waals surface area (Å²) in [6.45, 7) is 20.6. The molecule has 4 N–H and O–H groups in total. The quantitative estimate of drug-likeness (QED) is 0.0104. The summed E-state index contributed by atoms with van der Waals surface area (Å²) in [6, 6.07) is 32.2. The largest absolute Gasteiger partial charge is 0.492 e. The fourth-order valence-corrected chi connectivity index (χ4v) is 9.33. The number of nitrogens with zero attached hydrogens (tertiary/aromatic N) is 1. The molecule has 0 unspecified atom stereocenters. The standard InChI is InChI=1S/C61H79N4O9P/c1-10-21-46(58(69)72-38-42-22-12-11-13-23-42)37-51(67)50(29-20-35-63-54(62)40-75(8)9)65-57(68)45(26-18-19-34-64-59(70)74-61(5,6)7)36-47(66)39-71-52-32-30-43-24-14-16-27-48(43)55(52)56-49-28-17-15-25-44(49)31-33-53(56)73-41-60(2,3)4/h10-17,22-25,27-28,30-33,45-46,50H,1,18-21,26,29,34-41H2,2-9H3,(H2,62,63)(H,64,70)(H,65,68)/t45-,46+,50+/m0/s1. The Balaban J connectivity index is 1.41. The van der Waals surface area contributed by atoms with E-state index in [1.54, 1.807) is 26.8 Å². The van der Waals surface area contributed by atoms with Gasteiger partial charge in [0.25, 0.3) is 0 Å². The van der Waals surface area contributed by atoms with Crippen molar-refractivity contribution in [1.29, 1.82) is 0 Å². The van der Waals surface area contributed by atoms with Crippen LogP contribution in [0.2, 0.25) is 0 Å². The van der Waals surface area contributed by atoms with Gasteiger partial charge in [-0.25, -0.2) is 4.79 Å². The zero-order valence-electron chi connectivity index (χ0n) is 45.4. The van der Waals surface area contributed by atoms with Gasteiger partial charge in [-0.3, -0.25) is 24.2 Å². The van der Waals surface area contributed by atoms with Crippen molar-refractivity contribution in [3.8, 4) is 22.6 Å². The minimum Gasteiger partial charge on any atom is -0.492 e. The Labute approximate surface area is 445 Å². The first-order valence-electron chi connectivity index (χ1n) is 26.1. The maximum atomic E-state index is 14.6. The van der Waals surface area contributed by atoms with Gasteiger partial charge in [0.05, 0.1) is 24.4 Å². The van der Waals surface area contributed by atoms with Gasteiger partial charge in [0.1, 0.15) is 30.3 Å². The Hall–Kier alpha value is -6.59. The summed E-state index contributed by atoms with van der Waals surface area (Å²) in [4.78, 5) is 73.7. The van der Waals surface area contributed by atoms with E-state index in [0.717, 1.165) is 38.2 Å². The van der Waals surface area contributed by atoms with Gasteiger partial charge in [0.15, 0.2) is 11.6 Å². The Morgan fingerprint density at radius 3 is 1.95 bits per heavy atom. The number of hydrogen-bond donors (Lipinski definition) is 3. The first kappa shape index (κ1) is 59.3. The number of fused-ring (bicyclic) bond motifs is 2. The lowest BCUT2D eigenvalue weighted by Crippen LogP contribution is -2.45. The molecule has 2 amide bonds. The molecule has 0 fully saturated rings. The van der Waals surface area contributed by atoms with E-state index >= 15 is 0 Å². The van der Waals surface area contributed by atoms with Gasteiger partial charge >= 0.3 is 12.1 Å². The molecule has 5 rings (SSSR count). The van der Waals surface area contributed by atoms with Gasteiger partial charge in [0, 0.05) is 49.1 Å². The highest BCUT2D eigenvalue weighted by Crippen LogP contribution is 2.46. The van der Waals surface area contributed by atoms with E-state index in [0.29, 0.717) is 55.9 Å². The second-order valence-electron chi connectivity index (χ2n) is 21.6. The molecule has 0 saturated carbocycles. The molecule has 402 valence electrons. The number of rotatable bonds is 29. The third-order valence-electron chi connectivity index (χ3n) is 12.2. The minimum atomic E-state index is -1.00. The van der Waals surface area contributed by atoms with Crippen LogP contribution in [0.4, 0.5) is 4.79 Å². The first-order valence-corrected chi connectivity index (χ1v) is 28.5. The molecular formula is C61H79N4O9P. The van der Waals surface area contributed by atoms with Crippen LogP contribution in [0.3, 0.4) is 0 Å². The maximum absolute atomic E-state index is 14.6. The van der Waals surface area contributed by atoms with Crippen molar-refractivity contribution in [2.75, 3.05) is 45.8 Å². The lowest BCUT2D eigenvalue weighted by Gasteiger charge is -2.24. The van der Waals surface area contributed by atoms with Crippen LogP contribution in [-0.4, -0.2) is 92.8 Å². The lowest BCUT2D eigenvalue weighted by atomic mass is 9.91. The number of nitrogens with two attached hydrogens (primary N) is 1. The van der Waals surface area contributed by atoms with Gasteiger partial charge in [-0.05, 0) is 111 Å². The third-order valence-corrected chi connectivity index (χ3v) is 13.1. The van der Waals surface area contributed by atoms with Gasteiger partial charge in [-0.1, -0.05) is 124 Å². The number of allylic oxidation sites excluding steroid dienone is 1. The van der Waals surface area contributed by atoms with Crippen LogP contribution < -0.4 is 25.8 Å². The fraction of sp³-hybridized carbons (Fsp3) is 0.443. The van der Waals surface area contributed by atoms with Crippen LogP contribution in [-0.2, 0) is 35.3 Å². The number of esters is 1. The predicted molar refractivity (Wildman–Crippen MR) is 304 cm³/mol. The number of ketones is 2. The number of carbonyl (C=O) groups excluding carboxylic acids is 5. The van der Waals surface area contributed by atoms with Gasteiger partial charge in [0.2, 0.25) is 5.91 Å². The molecule has 14 heteroatoms. The van der Waals surface area contributed by atoms with Crippen LogP contribution >= 0.6 is 7.92 Å². The molecule has 0 aliphatic carbocycles. The van der Waals surface area contributed by atoms with E-state index in [1.165, 1.54) is 0 Å². The van der Waals surface area contributed by atoms with Crippen LogP contribution in [0.5, 0.6) is 11.5 Å². The molecule has 0 bridgehead atoms. The van der Waals surface area contributed by atoms with E-state index in [9.17, 15) is 24.0 Å². The molecular weight excluding hydrogens is 964 g/mol. The SMILES string of the molecule is C=CC[C@H](CC(=O)[C@@H](CCCN=C(N)CP(C)C)NC(=O)[C@@H](CCCCNC(=O)OC(C)(C)C)CC(=O)COc1ccc2ccccc2c1-c1c(OCC(C)(C)C)ccc2ccccc12)C(=O)OCc1ccccc1. The maximum Gasteiger partial charge on any atom is 0.407 e. The number of nitrogens with one attached hydrogen (secondary N) is 2. The summed E-state index contributed by atoms with van der Waals surface area (Å²) in [5.41, 5.74) is 7.84. The van der Waals surface area contributed by atoms with E-state index in [-0.39, 0.29) is 76.8 Å². The highest BCUT2D eigenvalue weighted by Gasteiger charge is 2.31. The summed E-state index contributed by atoms with van der Waals surface area (Å²) >= 11 is 0. The fourth-order valence-electron chi connectivity index (χ4n) is 8.58. The van der Waals surface area contributed by atoms with E-state index in [1.807, 2.05) is 91.0 Å². The summed E-state index contributed by atoms with van der Waals surface area (Å²) in [6.07, 6.45) is 3.39. The summed E-state index contributed by atoms with van der Waals surface area (Å²) in [5.74, 6) is -1.71. The molecule has 0 aliphatic heterocycles. The summed E-state index contributed by atoms with van der Waals surface area (Å²) in [7, 11) is -0.302. The Kier molecular flexibility index (Phi) is 22.9. The van der Waals surface area contributed by atoms with E-state index in [2.05, 4.69) is 68.4 Å². The second-order valence-corrected chi connectivity index (χ2v) is 24.1. The van der Waals surface area contributed by atoms with Crippen molar-refractivity contribution >= 4 is 64.8 Å². The molecule has 0 saturated heterocycles. The molecule has 0 radical (unpaired) electrons. The van der Waals surface area contributed by atoms with Crippen LogP contribution in [0.1, 0.15) is 98.5 Å². The highest BCUT2D eigenvalue weighted by molar-refractivity contribution is 7.57. The van der Waals surface area contributed by atoms with Crippen molar-refractivity contribution < 1.29 is 42.9 Å². The molecule has 0 heterocycles. The number of amidine groups is 1. The molecule has 3 atom stereocenters. The van der Waals surface area contributed by atoms with Crippen molar-refractivity contribution in [3.05, 3.63) is 121 Å². The zero-order chi connectivity index (χ0) is 54.5. The highest BCUT2D eigenvalue weighted by atomic mass is 31.1. The molecule has 13 nitrogen and oxygen atoms in total. The van der Waals surface area contributed by atoms with Crippen molar-refractivity contribution in [1.82, 2.24) is 10.6 Å². The predicted octanol–water partition coefficient (Wildman–Crippen LogP) is 12.0. The smallest absolute Gasteiger partial charge is 0.407 e. The Bertz CT molecular complexity index is 2740. The average Bonchev–Trinajstić information content (AvgIpc) is 3.36. The molecule has 0 aliphatic rings. The zero-order valence-corrected chi connectivity index (χ0v) is 46.3. The number of amides is 2. The van der Waals surface area contributed by atoms with Crippen molar-refractivity contribution in [2.24, 2.45) is 28.0 Å². The molecule has 5 aromatic carbocycles. The number of benzene rings is 5. The number of unbranched alkanes of at least 4 members (excludes halogenated alkanes) is 1. The Morgan fingerprint density at radius 1 is 0.733 bits per heavy atom. The van der Waals surface area contributed by atoms with E-state index in [4.69, 9.17) is 24.7 Å². The monoisotopic (exact) mass is 1040 g/mol. The number of aliphatic imine (C=N–C) groups is 1. The lowest BCUT2D eigenvalue weighted by molar-refractivity contribution is -0.151. The molecule has 5 aromatic rings. The number of ether oxygens (including phenoxy) is 4. The van der Waals surface area contributed by atoms with Gasteiger partial charge in [-0.2, -0.15) is 0 Å². The molecule has 75 heavy (non-hydrogen) atoms. The van der Waals surface area contributed by atoms with Crippen LogP contribution in [0.25, 0.3) is 32.7 Å². The number of alkyl carbamates (subject to hydrolysis) is 1. The first-order chi connectivity index (χ1) is 35.7. The second kappa shape index (κ2) is 28.9. The number of hydrogen-bond acceptors (Lipinski definition) is 10. The van der Waals surface area contributed by atoms with Crippen molar-refractivity contribution in [2.45, 2.75) is 111 Å². The Morgan fingerprint density at radius 2 is 1.35 bits per heavy atom.